The van der Waals surface area contributed by atoms with Crippen LogP contribution in [0.2, 0.25) is 0 Å². The molecule has 0 aliphatic carbocycles. The van der Waals surface area contributed by atoms with Crippen molar-refractivity contribution >= 4 is 11.9 Å². The van der Waals surface area contributed by atoms with E-state index in [0.717, 1.165) is 12.1 Å². The van der Waals surface area contributed by atoms with E-state index in [0.29, 0.717) is 32.0 Å². The van der Waals surface area contributed by atoms with Crippen molar-refractivity contribution in [3.05, 3.63) is 35.4 Å². The second-order valence-electron chi connectivity index (χ2n) is 6.65. The zero-order valence-corrected chi connectivity index (χ0v) is 15.0. The van der Waals surface area contributed by atoms with Crippen LogP contribution in [0.5, 0.6) is 0 Å². The van der Waals surface area contributed by atoms with Crippen molar-refractivity contribution in [1.29, 1.82) is 0 Å². The smallest absolute Gasteiger partial charge is 0.401 e. The number of halogens is 5. The maximum Gasteiger partial charge on any atom is 0.401 e. The van der Waals surface area contributed by atoms with Gasteiger partial charge in [-0.05, 0) is 44.0 Å². The lowest BCUT2D eigenvalue weighted by atomic mass is 9.98. The number of hydrogen-bond acceptors (Lipinski definition) is 4. The Morgan fingerprint density at radius 2 is 1.86 bits per heavy atom. The molecule has 1 aromatic rings. The SMILES string of the molecule is O=C(CCNC(=O)c1ccc(F)cc1F)OCC1CCN(CC(F)(F)F)CC1. The lowest BCUT2D eigenvalue weighted by Crippen LogP contribution is -2.41. The molecule has 0 unspecified atom stereocenters. The number of amides is 1. The minimum atomic E-state index is -4.22. The number of hydrogen-bond donors (Lipinski definition) is 1. The van der Waals surface area contributed by atoms with E-state index in [-0.39, 0.29) is 31.1 Å². The van der Waals surface area contributed by atoms with E-state index in [1.165, 1.54) is 4.90 Å². The predicted octanol–water partition coefficient (Wildman–Crippen LogP) is 2.90. The molecule has 5 nitrogen and oxygen atoms in total. The Hall–Kier alpha value is -2.23. The van der Waals surface area contributed by atoms with Gasteiger partial charge in [-0.25, -0.2) is 8.78 Å². The van der Waals surface area contributed by atoms with Crippen LogP contribution in [0.4, 0.5) is 22.0 Å². The van der Waals surface area contributed by atoms with E-state index >= 15 is 0 Å². The Bertz CT molecular complexity index is 688. The summed E-state index contributed by atoms with van der Waals surface area (Å²) >= 11 is 0. The standard InChI is InChI=1S/C18H21F5N2O3/c19-13-1-2-14(15(20)9-13)17(27)24-6-3-16(26)28-10-12-4-7-25(8-5-12)11-18(21,22)23/h1-2,9,12H,3-8,10-11H2,(H,24,27). The number of benzene rings is 1. The van der Waals surface area contributed by atoms with E-state index in [2.05, 4.69) is 5.32 Å². The molecule has 1 fully saturated rings. The van der Waals surface area contributed by atoms with Gasteiger partial charge in [0.15, 0.2) is 0 Å². The van der Waals surface area contributed by atoms with Gasteiger partial charge in [0.25, 0.3) is 5.91 Å². The van der Waals surface area contributed by atoms with Gasteiger partial charge in [-0.1, -0.05) is 0 Å². The fourth-order valence-corrected chi connectivity index (χ4v) is 2.89. The molecule has 1 N–H and O–H groups in total. The highest BCUT2D eigenvalue weighted by Gasteiger charge is 2.32. The van der Waals surface area contributed by atoms with Gasteiger partial charge >= 0.3 is 12.1 Å². The third kappa shape index (κ3) is 7.41. The molecule has 28 heavy (non-hydrogen) atoms. The fraction of sp³-hybridized carbons (Fsp3) is 0.556. The van der Waals surface area contributed by atoms with E-state index in [4.69, 9.17) is 4.74 Å². The van der Waals surface area contributed by atoms with E-state index < -0.39 is 36.2 Å². The summed E-state index contributed by atoms with van der Waals surface area (Å²) in [5.74, 6) is -3.16. The number of rotatable bonds is 7. The minimum Gasteiger partial charge on any atom is -0.465 e. The first-order valence-electron chi connectivity index (χ1n) is 8.82. The molecule has 10 heteroatoms. The lowest BCUT2D eigenvalue weighted by Gasteiger charge is -2.31. The average Bonchev–Trinajstić information content (AvgIpc) is 2.59. The van der Waals surface area contributed by atoms with Crippen molar-refractivity contribution in [2.24, 2.45) is 5.92 Å². The molecule has 0 atom stereocenters. The van der Waals surface area contributed by atoms with Crippen molar-refractivity contribution in [3.63, 3.8) is 0 Å². The molecule has 1 aliphatic rings. The van der Waals surface area contributed by atoms with E-state index in [9.17, 15) is 31.5 Å². The highest BCUT2D eigenvalue weighted by Crippen LogP contribution is 2.22. The topological polar surface area (TPSA) is 58.6 Å². The van der Waals surface area contributed by atoms with Crippen LogP contribution in [0.25, 0.3) is 0 Å². The zero-order chi connectivity index (χ0) is 20.7. The number of ether oxygens (including phenoxy) is 1. The fourth-order valence-electron chi connectivity index (χ4n) is 2.89. The van der Waals surface area contributed by atoms with Gasteiger partial charge < -0.3 is 10.1 Å². The van der Waals surface area contributed by atoms with Crippen molar-refractivity contribution < 1.29 is 36.3 Å². The average molecular weight is 408 g/mol. The maximum absolute atomic E-state index is 13.5. The first-order chi connectivity index (χ1) is 13.1. The van der Waals surface area contributed by atoms with Crippen LogP contribution in [0.15, 0.2) is 18.2 Å². The summed E-state index contributed by atoms with van der Waals surface area (Å²) in [7, 11) is 0. The van der Waals surface area contributed by atoms with Crippen LogP contribution in [0, 0.1) is 17.6 Å². The summed E-state index contributed by atoms with van der Waals surface area (Å²) in [5, 5.41) is 2.34. The molecule has 0 bridgehead atoms. The van der Waals surface area contributed by atoms with Gasteiger partial charge in [-0.15, -0.1) is 0 Å². The summed E-state index contributed by atoms with van der Waals surface area (Å²) in [4.78, 5) is 24.8. The normalized spacial score (nSPS) is 16.0. The Kier molecular flexibility index (Phi) is 7.73. The molecule has 156 valence electrons. The summed E-state index contributed by atoms with van der Waals surface area (Å²) in [5.41, 5.74) is -0.333. The highest BCUT2D eigenvalue weighted by atomic mass is 19.4. The lowest BCUT2D eigenvalue weighted by molar-refractivity contribution is -0.150. The van der Waals surface area contributed by atoms with Crippen molar-refractivity contribution in [2.75, 3.05) is 32.8 Å². The number of carbonyl (C=O) groups excluding carboxylic acids is 2. The van der Waals surface area contributed by atoms with E-state index in [1.54, 1.807) is 0 Å². The number of piperidine rings is 1. The molecule has 1 saturated heterocycles. The monoisotopic (exact) mass is 408 g/mol. The molecule has 1 amide bonds. The number of nitrogens with zero attached hydrogens (tertiary/aromatic N) is 1. The van der Waals surface area contributed by atoms with Gasteiger partial charge in [0.2, 0.25) is 0 Å². The molecule has 1 heterocycles. The van der Waals surface area contributed by atoms with Crippen LogP contribution in [0.3, 0.4) is 0 Å². The number of nitrogens with one attached hydrogen (secondary N) is 1. The summed E-state index contributed by atoms with van der Waals surface area (Å²) in [6.07, 6.45) is -3.35. The quantitative estimate of drug-likeness (QED) is 0.557. The van der Waals surface area contributed by atoms with Crippen LogP contribution in [0.1, 0.15) is 29.6 Å². The minimum absolute atomic E-state index is 0.00339. The van der Waals surface area contributed by atoms with Crippen LogP contribution in [-0.2, 0) is 9.53 Å². The molecule has 2 rings (SSSR count). The van der Waals surface area contributed by atoms with Gasteiger partial charge in [-0.3, -0.25) is 14.5 Å². The van der Waals surface area contributed by atoms with Crippen LogP contribution in [-0.4, -0.2) is 55.7 Å². The van der Waals surface area contributed by atoms with Crippen molar-refractivity contribution in [2.45, 2.75) is 25.4 Å². The van der Waals surface area contributed by atoms with Gasteiger partial charge in [-0.2, -0.15) is 13.2 Å². The number of carbonyl (C=O) groups is 2. The molecular formula is C18H21F5N2O3. The Morgan fingerprint density at radius 1 is 1.18 bits per heavy atom. The summed E-state index contributed by atoms with van der Waals surface area (Å²) in [6, 6.07) is 2.54. The largest absolute Gasteiger partial charge is 0.465 e. The predicted molar refractivity (Wildman–Crippen MR) is 89.5 cm³/mol. The number of likely N-dealkylation sites (tertiary alicyclic amines) is 1. The second-order valence-corrected chi connectivity index (χ2v) is 6.65. The van der Waals surface area contributed by atoms with Crippen molar-refractivity contribution in [1.82, 2.24) is 10.2 Å². The summed E-state index contributed by atoms with van der Waals surface area (Å²) < 4.78 is 68.4. The molecule has 0 aromatic heterocycles. The molecule has 0 spiro atoms. The van der Waals surface area contributed by atoms with Crippen LogP contribution < -0.4 is 5.32 Å². The Balaban J connectivity index is 1.62. The number of alkyl halides is 3. The molecule has 0 radical (unpaired) electrons. The third-order valence-corrected chi connectivity index (χ3v) is 4.38. The van der Waals surface area contributed by atoms with Gasteiger partial charge in [0.05, 0.1) is 25.1 Å². The molecular weight excluding hydrogens is 387 g/mol. The highest BCUT2D eigenvalue weighted by molar-refractivity contribution is 5.94. The van der Waals surface area contributed by atoms with Crippen molar-refractivity contribution in [3.8, 4) is 0 Å². The molecule has 1 aromatic carbocycles. The second kappa shape index (κ2) is 9.81. The zero-order valence-electron chi connectivity index (χ0n) is 15.0. The maximum atomic E-state index is 13.5. The summed E-state index contributed by atoms with van der Waals surface area (Å²) in [6.45, 7) is -0.326. The van der Waals surface area contributed by atoms with Crippen LogP contribution >= 0.6 is 0 Å². The van der Waals surface area contributed by atoms with Gasteiger partial charge in [0, 0.05) is 12.6 Å². The Labute approximate surface area is 158 Å². The molecule has 1 aliphatic heterocycles. The third-order valence-electron chi connectivity index (χ3n) is 4.38. The molecule has 0 saturated carbocycles. The van der Waals surface area contributed by atoms with E-state index in [1.807, 2.05) is 0 Å². The Morgan fingerprint density at radius 3 is 2.46 bits per heavy atom. The first-order valence-corrected chi connectivity index (χ1v) is 8.82. The number of esters is 1. The first kappa shape index (κ1) is 22.1. The van der Waals surface area contributed by atoms with Gasteiger partial charge in [0.1, 0.15) is 11.6 Å².